The van der Waals surface area contributed by atoms with Gasteiger partial charge < -0.3 is 10.1 Å². The molecule has 1 fully saturated rings. The summed E-state index contributed by atoms with van der Waals surface area (Å²) >= 11 is 0. The van der Waals surface area contributed by atoms with E-state index in [0.29, 0.717) is 30.9 Å². The van der Waals surface area contributed by atoms with E-state index in [1.165, 1.54) is 40.7 Å². The lowest BCUT2D eigenvalue weighted by molar-refractivity contribution is -0.122. The maximum atomic E-state index is 13.0. The van der Waals surface area contributed by atoms with Crippen molar-refractivity contribution in [3.63, 3.8) is 0 Å². The van der Waals surface area contributed by atoms with Crippen molar-refractivity contribution in [1.82, 2.24) is 4.31 Å². The van der Waals surface area contributed by atoms with Crippen molar-refractivity contribution >= 4 is 21.6 Å². The number of rotatable bonds is 7. The van der Waals surface area contributed by atoms with Gasteiger partial charge in [-0.05, 0) is 67.8 Å². The lowest BCUT2D eigenvalue weighted by Crippen LogP contribution is -2.35. The zero-order valence-corrected chi connectivity index (χ0v) is 17.1. The first-order valence-electron chi connectivity index (χ1n) is 9.73. The van der Waals surface area contributed by atoms with Crippen molar-refractivity contribution in [2.45, 2.75) is 43.6 Å². The van der Waals surface area contributed by atoms with Crippen LogP contribution in [0.4, 0.5) is 10.1 Å². The van der Waals surface area contributed by atoms with Gasteiger partial charge in [-0.3, -0.25) is 4.79 Å². The molecule has 6 nitrogen and oxygen atoms in total. The van der Waals surface area contributed by atoms with Gasteiger partial charge in [0, 0.05) is 18.8 Å². The van der Waals surface area contributed by atoms with Gasteiger partial charge in [-0.1, -0.05) is 13.3 Å². The Morgan fingerprint density at radius 3 is 2.28 bits per heavy atom. The van der Waals surface area contributed by atoms with E-state index >= 15 is 0 Å². The Labute approximate surface area is 170 Å². The van der Waals surface area contributed by atoms with Crippen LogP contribution in [-0.4, -0.2) is 37.8 Å². The molecule has 2 aromatic carbocycles. The van der Waals surface area contributed by atoms with Gasteiger partial charge in [0.15, 0.2) is 6.10 Å². The maximum absolute atomic E-state index is 13.0. The first-order chi connectivity index (χ1) is 13.9. The van der Waals surface area contributed by atoms with Crippen LogP contribution >= 0.6 is 0 Å². The second-order valence-corrected chi connectivity index (χ2v) is 8.88. The third-order valence-corrected chi connectivity index (χ3v) is 6.74. The van der Waals surface area contributed by atoms with Crippen LogP contribution in [0.25, 0.3) is 0 Å². The molecule has 1 N–H and O–H groups in total. The van der Waals surface area contributed by atoms with Gasteiger partial charge in [-0.15, -0.1) is 0 Å². The zero-order chi connectivity index (χ0) is 20.9. The van der Waals surface area contributed by atoms with Gasteiger partial charge >= 0.3 is 0 Å². The fourth-order valence-electron chi connectivity index (χ4n) is 3.19. The predicted octanol–water partition coefficient (Wildman–Crippen LogP) is 3.80. The van der Waals surface area contributed by atoms with E-state index in [1.54, 1.807) is 12.1 Å². The summed E-state index contributed by atoms with van der Waals surface area (Å²) in [6, 6.07) is 11.6. The van der Waals surface area contributed by atoms with Crippen LogP contribution in [0.5, 0.6) is 5.75 Å². The molecule has 0 bridgehead atoms. The van der Waals surface area contributed by atoms with Crippen LogP contribution < -0.4 is 10.1 Å². The van der Waals surface area contributed by atoms with E-state index in [2.05, 4.69) is 5.32 Å². The van der Waals surface area contributed by atoms with Gasteiger partial charge in [0.25, 0.3) is 5.91 Å². The second kappa shape index (κ2) is 9.37. The lowest BCUT2D eigenvalue weighted by Gasteiger charge is -2.26. The molecule has 29 heavy (non-hydrogen) atoms. The molecule has 2 aromatic rings. The molecule has 1 saturated heterocycles. The summed E-state index contributed by atoms with van der Waals surface area (Å²) in [5.41, 5.74) is 0.480. The molecule has 0 aliphatic carbocycles. The van der Waals surface area contributed by atoms with Crippen molar-refractivity contribution in [2.75, 3.05) is 18.4 Å². The molecule has 1 aliphatic heterocycles. The number of benzene rings is 2. The van der Waals surface area contributed by atoms with Crippen molar-refractivity contribution in [1.29, 1.82) is 0 Å². The SMILES string of the molecule is CC[C@@H](Oc1ccc(F)cc1)C(=O)Nc1ccc(S(=O)(=O)N2CCCCC2)cc1. The van der Waals surface area contributed by atoms with Crippen LogP contribution in [0.2, 0.25) is 0 Å². The summed E-state index contributed by atoms with van der Waals surface area (Å²) in [5.74, 6) is -0.339. The number of hydrogen-bond acceptors (Lipinski definition) is 4. The number of carbonyl (C=O) groups is 1. The summed E-state index contributed by atoms with van der Waals surface area (Å²) in [7, 11) is -3.51. The monoisotopic (exact) mass is 420 g/mol. The number of nitrogens with zero attached hydrogens (tertiary/aromatic N) is 1. The molecule has 8 heteroatoms. The molecule has 0 spiro atoms. The normalized spacial score (nSPS) is 16.2. The average Bonchev–Trinajstić information content (AvgIpc) is 2.74. The highest BCUT2D eigenvalue weighted by atomic mass is 32.2. The molecule has 1 aliphatic rings. The highest BCUT2D eigenvalue weighted by Gasteiger charge is 2.26. The van der Waals surface area contributed by atoms with E-state index < -0.39 is 16.1 Å². The Morgan fingerprint density at radius 2 is 1.69 bits per heavy atom. The van der Waals surface area contributed by atoms with Crippen LogP contribution in [0.3, 0.4) is 0 Å². The first kappa shape index (κ1) is 21.3. The fraction of sp³-hybridized carbons (Fsp3) is 0.381. The van der Waals surface area contributed by atoms with E-state index in [4.69, 9.17) is 4.74 Å². The third-order valence-electron chi connectivity index (χ3n) is 4.83. The Hall–Kier alpha value is -2.45. The number of halogens is 1. The molecule has 3 rings (SSSR count). The molecule has 0 aromatic heterocycles. The van der Waals surface area contributed by atoms with E-state index in [-0.39, 0.29) is 16.6 Å². The van der Waals surface area contributed by atoms with Crippen molar-refractivity contribution in [2.24, 2.45) is 0 Å². The summed E-state index contributed by atoms with van der Waals surface area (Å²) < 4.78 is 45.5. The van der Waals surface area contributed by atoms with E-state index in [0.717, 1.165) is 19.3 Å². The number of carbonyl (C=O) groups excluding carboxylic acids is 1. The molecule has 1 amide bonds. The number of sulfonamides is 1. The number of hydrogen-bond donors (Lipinski definition) is 1. The molecule has 1 heterocycles. The van der Waals surface area contributed by atoms with E-state index in [1.807, 2.05) is 6.92 Å². The molecular weight excluding hydrogens is 395 g/mol. The van der Waals surface area contributed by atoms with Crippen LogP contribution in [0.1, 0.15) is 32.6 Å². The van der Waals surface area contributed by atoms with Gasteiger partial charge in [-0.2, -0.15) is 4.31 Å². The van der Waals surface area contributed by atoms with Crippen LogP contribution in [0.15, 0.2) is 53.4 Å². The average molecular weight is 421 g/mol. The zero-order valence-electron chi connectivity index (χ0n) is 16.3. The van der Waals surface area contributed by atoms with Crippen molar-refractivity contribution in [3.8, 4) is 5.75 Å². The first-order valence-corrected chi connectivity index (χ1v) is 11.2. The summed E-state index contributed by atoms with van der Waals surface area (Å²) in [4.78, 5) is 12.7. The minimum absolute atomic E-state index is 0.215. The Morgan fingerprint density at radius 1 is 1.07 bits per heavy atom. The summed E-state index contributed by atoms with van der Waals surface area (Å²) in [6.07, 6.45) is 2.47. The molecule has 0 saturated carbocycles. The highest BCUT2D eigenvalue weighted by Crippen LogP contribution is 2.22. The van der Waals surface area contributed by atoms with Crippen molar-refractivity contribution < 1.29 is 22.3 Å². The second-order valence-electron chi connectivity index (χ2n) is 6.95. The highest BCUT2D eigenvalue weighted by molar-refractivity contribution is 7.89. The number of piperidine rings is 1. The largest absolute Gasteiger partial charge is 0.481 e. The van der Waals surface area contributed by atoms with Crippen LogP contribution in [0, 0.1) is 5.82 Å². The standard InChI is InChI=1S/C21H25FN2O4S/c1-2-20(28-18-10-6-16(22)7-11-18)21(25)23-17-8-12-19(13-9-17)29(26,27)24-14-4-3-5-15-24/h6-13,20H,2-5,14-15H2,1H3,(H,23,25)/t20-/m1/s1. The molecule has 1 atom stereocenters. The van der Waals surface area contributed by atoms with Gasteiger partial charge in [0.05, 0.1) is 4.90 Å². The molecule has 156 valence electrons. The Balaban J connectivity index is 1.64. The summed E-state index contributed by atoms with van der Waals surface area (Å²) in [6.45, 7) is 2.89. The Kier molecular flexibility index (Phi) is 6.87. The summed E-state index contributed by atoms with van der Waals surface area (Å²) in [5, 5.41) is 2.74. The third kappa shape index (κ3) is 5.33. The quantitative estimate of drug-likeness (QED) is 0.739. The van der Waals surface area contributed by atoms with Gasteiger partial charge in [-0.25, -0.2) is 12.8 Å². The lowest BCUT2D eigenvalue weighted by atomic mass is 10.2. The van der Waals surface area contributed by atoms with Crippen LogP contribution in [-0.2, 0) is 14.8 Å². The fourth-order valence-corrected chi connectivity index (χ4v) is 4.70. The smallest absolute Gasteiger partial charge is 0.265 e. The number of anilines is 1. The number of nitrogens with one attached hydrogen (secondary N) is 1. The predicted molar refractivity (Wildman–Crippen MR) is 109 cm³/mol. The van der Waals surface area contributed by atoms with E-state index in [9.17, 15) is 17.6 Å². The Bertz CT molecular complexity index is 924. The molecule has 0 radical (unpaired) electrons. The molecule has 0 unspecified atom stereocenters. The molecular formula is C21H25FN2O4S. The maximum Gasteiger partial charge on any atom is 0.265 e. The minimum Gasteiger partial charge on any atom is -0.481 e. The minimum atomic E-state index is -3.51. The number of ether oxygens (including phenoxy) is 1. The van der Waals surface area contributed by atoms with Crippen molar-refractivity contribution in [3.05, 3.63) is 54.3 Å². The van der Waals surface area contributed by atoms with Gasteiger partial charge in [0.2, 0.25) is 10.0 Å². The van der Waals surface area contributed by atoms with Gasteiger partial charge in [0.1, 0.15) is 11.6 Å². The topological polar surface area (TPSA) is 75.7 Å². The number of amides is 1.